The highest BCUT2D eigenvalue weighted by atomic mass is 16.5. The number of rotatable bonds is 4. The lowest BCUT2D eigenvalue weighted by Crippen LogP contribution is -2.40. The van der Waals surface area contributed by atoms with Gasteiger partial charge in [-0.05, 0) is 72.4 Å². The smallest absolute Gasteiger partial charge is 0.343 e. The van der Waals surface area contributed by atoms with E-state index in [4.69, 9.17) is 4.74 Å². The van der Waals surface area contributed by atoms with E-state index in [0.29, 0.717) is 28.8 Å². The standard InChI is InChI=1S/C26H23NO4/c1-2-14-6-8-17(9-7-14)31-26(30)15-4-3-5-16(12-15)27-24(28)22-18-10-11-19(21-13-20(18)21)23(22)25(27)29/h3-12,18-23H,2,13H2,1H3/t18-,19-,20-,21+,22+,23+/m0/s1. The quantitative estimate of drug-likeness (QED) is 0.329. The Morgan fingerprint density at radius 2 is 1.61 bits per heavy atom. The number of carbonyl (C=O) groups is 3. The molecule has 0 spiro atoms. The lowest BCUT2D eigenvalue weighted by Gasteiger charge is -2.37. The maximum absolute atomic E-state index is 13.3. The van der Waals surface area contributed by atoms with Gasteiger partial charge in [-0.3, -0.25) is 9.59 Å². The fourth-order valence-electron chi connectivity index (χ4n) is 5.94. The number of allylic oxidation sites excluding steroid dienone is 2. The van der Waals surface area contributed by atoms with Gasteiger partial charge in [0.1, 0.15) is 5.75 Å². The van der Waals surface area contributed by atoms with Crippen molar-refractivity contribution in [3.05, 3.63) is 71.8 Å². The minimum atomic E-state index is -0.509. The summed E-state index contributed by atoms with van der Waals surface area (Å²) in [5, 5.41) is 0. The summed E-state index contributed by atoms with van der Waals surface area (Å²) < 4.78 is 5.49. The number of hydrogen-bond acceptors (Lipinski definition) is 4. The van der Waals surface area contributed by atoms with Crippen LogP contribution in [0.15, 0.2) is 60.7 Å². The van der Waals surface area contributed by atoms with E-state index >= 15 is 0 Å². The number of imide groups is 1. The van der Waals surface area contributed by atoms with Gasteiger partial charge in [-0.15, -0.1) is 0 Å². The fraction of sp³-hybridized carbons (Fsp3) is 0.346. The third-order valence-electron chi connectivity index (χ3n) is 7.55. The minimum absolute atomic E-state index is 0.125. The molecule has 3 fully saturated rings. The molecule has 2 aromatic carbocycles. The van der Waals surface area contributed by atoms with Crippen LogP contribution >= 0.6 is 0 Å². The zero-order valence-electron chi connectivity index (χ0n) is 17.2. The third-order valence-corrected chi connectivity index (χ3v) is 7.55. The maximum Gasteiger partial charge on any atom is 0.343 e. The van der Waals surface area contributed by atoms with Gasteiger partial charge in [-0.2, -0.15) is 0 Å². The van der Waals surface area contributed by atoms with E-state index in [9.17, 15) is 14.4 Å². The van der Waals surface area contributed by atoms with Crippen molar-refractivity contribution in [2.45, 2.75) is 19.8 Å². The van der Waals surface area contributed by atoms with Crippen LogP contribution in [0.25, 0.3) is 0 Å². The molecule has 7 rings (SSSR count). The van der Waals surface area contributed by atoms with Crippen LogP contribution in [0, 0.1) is 35.5 Å². The maximum atomic E-state index is 13.3. The second-order valence-corrected chi connectivity index (χ2v) is 9.10. The predicted octanol–water partition coefficient (Wildman–Crippen LogP) is 4.03. The highest BCUT2D eigenvalue weighted by molar-refractivity contribution is 6.23. The lowest BCUT2D eigenvalue weighted by molar-refractivity contribution is -0.124. The van der Waals surface area contributed by atoms with Crippen molar-refractivity contribution in [2.75, 3.05) is 4.90 Å². The third kappa shape index (κ3) is 2.72. The van der Waals surface area contributed by atoms with Crippen LogP contribution in [0.1, 0.15) is 29.3 Å². The van der Waals surface area contributed by atoms with Gasteiger partial charge in [0.15, 0.2) is 0 Å². The summed E-state index contributed by atoms with van der Waals surface area (Å²) in [6.07, 6.45) is 6.36. The van der Waals surface area contributed by atoms with Crippen LogP contribution in [0.4, 0.5) is 5.69 Å². The molecule has 5 nitrogen and oxygen atoms in total. The van der Waals surface area contributed by atoms with E-state index in [1.165, 1.54) is 4.90 Å². The molecule has 2 amide bonds. The van der Waals surface area contributed by atoms with E-state index in [-0.39, 0.29) is 35.5 Å². The molecule has 5 heteroatoms. The van der Waals surface area contributed by atoms with E-state index in [1.807, 2.05) is 12.1 Å². The van der Waals surface area contributed by atoms with Crippen LogP contribution in [-0.2, 0) is 16.0 Å². The predicted molar refractivity (Wildman–Crippen MR) is 114 cm³/mol. The number of ether oxygens (including phenoxy) is 1. The van der Waals surface area contributed by atoms with Crippen molar-refractivity contribution in [3.63, 3.8) is 0 Å². The average Bonchev–Trinajstić information content (AvgIpc) is 3.57. The number of aryl methyl sites for hydroxylation is 1. The number of hydrogen-bond donors (Lipinski definition) is 0. The van der Waals surface area contributed by atoms with Gasteiger partial charge < -0.3 is 4.74 Å². The van der Waals surface area contributed by atoms with Crippen LogP contribution < -0.4 is 9.64 Å². The molecular formula is C26H23NO4. The molecule has 6 atom stereocenters. The second-order valence-electron chi connectivity index (χ2n) is 9.10. The molecule has 1 heterocycles. The number of anilines is 1. The molecule has 0 aromatic heterocycles. The Morgan fingerprint density at radius 1 is 0.968 bits per heavy atom. The van der Waals surface area contributed by atoms with Crippen molar-refractivity contribution >= 4 is 23.5 Å². The fourth-order valence-corrected chi connectivity index (χ4v) is 5.94. The second kappa shape index (κ2) is 6.64. The first-order chi connectivity index (χ1) is 15.1. The van der Waals surface area contributed by atoms with Gasteiger partial charge in [0.05, 0.1) is 23.1 Å². The number of nitrogens with zero attached hydrogens (tertiary/aromatic N) is 1. The van der Waals surface area contributed by atoms with Gasteiger partial charge in [0.2, 0.25) is 11.8 Å². The van der Waals surface area contributed by atoms with Gasteiger partial charge >= 0.3 is 5.97 Å². The molecule has 0 radical (unpaired) electrons. The number of carbonyl (C=O) groups excluding carboxylic acids is 3. The monoisotopic (exact) mass is 413 g/mol. The summed E-state index contributed by atoms with van der Waals surface area (Å²) in [5.41, 5.74) is 1.93. The Labute approximate surface area is 180 Å². The molecule has 156 valence electrons. The van der Waals surface area contributed by atoms with E-state index in [2.05, 4.69) is 19.1 Å². The summed E-state index contributed by atoms with van der Waals surface area (Å²) >= 11 is 0. The number of amides is 2. The zero-order chi connectivity index (χ0) is 21.3. The van der Waals surface area contributed by atoms with Crippen molar-refractivity contribution in [1.29, 1.82) is 0 Å². The molecule has 1 aliphatic heterocycles. The zero-order valence-corrected chi connectivity index (χ0v) is 17.2. The van der Waals surface area contributed by atoms with Crippen LogP contribution in [0.5, 0.6) is 5.75 Å². The van der Waals surface area contributed by atoms with E-state index in [0.717, 1.165) is 18.4 Å². The topological polar surface area (TPSA) is 63.7 Å². The first-order valence-corrected chi connectivity index (χ1v) is 11.0. The van der Waals surface area contributed by atoms with E-state index in [1.54, 1.807) is 36.4 Å². The normalized spacial score (nSPS) is 32.1. The Morgan fingerprint density at radius 3 is 2.23 bits per heavy atom. The highest BCUT2D eigenvalue weighted by Gasteiger charge is 2.67. The SMILES string of the molecule is CCc1ccc(OC(=O)c2cccc(N3C(=O)[C@@H]4[C@H]5C=C[C@@H]([C@@H]6C[C@H]56)[C@H]4C3=O)c2)cc1. The first-order valence-electron chi connectivity index (χ1n) is 11.0. The minimum Gasteiger partial charge on any atom is -0.423 e. The molecule has 4 aliphatic carbocycles. The lowest BCUT2D eigenvalue weighted by atomic mass is 9.63. The molecule has 31 heavy (non-hydrogen) atoms. The van der Waals surface area contributed by atoms with Crippen LogP contribution in [0.3, 0.4) is 0 Å². The molecule has 5 aliphatic rings. The summed E-state index contributed by atoms with van der Waals surface area (Å²) in [4.78, 5) is 40.6. The van der Waals surface area contributed by atoms with Gasteiger partial charge in [0, 0.05) is 0 Å². The molecule has 2 aromatic rings. The average molecular weight is 413 g/mol. The molecule has 0 N–H and O–H groups in total. The molecular weight excluding hydrogens is 390 g/mol. The van der Waals surface area contributed by atoms with Crippen molar-refractivity contribution in [2.24, 2.45) is 35.5 Å². The largest absolute Gasteiger partial charge is 0.423 e. The molecule has 0 unspecified atom stereocenters. The summed E-state index contributed by atoms with van der Waals surface area (Å²) in [5.74, 6) is 0.695. The molecule has 2 saturated carbocycles. The van der Waals surface area contributed by atoms with Crippen molar-refractivity contribution < 1.29 is 19.1 Å². The Balaban J connectivity index is 1.26. The van der Waals surface area contributed by atoms with Crippen LogP contribution in [-0.4, -0.2) is 17.8 Å². The molecule has 1 saturated heterocycles. The number of esters is 1. The summed E-state index contributed by atoms with van der Waals surface area (Å²) in [7, 11) is 0. The Hall–Kier alpha value is -3.21. The molecule has 2 bridgehead atoms. The van der Waals surface area contributed by atoms with Crippen LogP contribution in [0.2, 0.25) is 0 Å². The van der Waals surface area contributed by atoms with Crippen molar-refractivity contribution in [1.82, 2.24) is 0 Å². The van der Waals surface area contributed by atoms with Crippen molar-refractivity contribution in [3.8, 4) is 5.75 Å². The van der Waals surface area contributed by atoms with Gasteiger partial charge in [-0.25, -0.2) is 9.69 Å². The van der Waals surface area contributed by atoms with E-state index < -0.39 is 5.97 Å². The van der Waals surface area contributed by atoms with Gasteiger partial charge in [0.25, 0.3) is 0 Å². The highest BCUT2D eigenvalue weighted by Crippen LogP contribution is 2.65. The first kappa shape index (κ1) is 18.6. The number of benzene rings is 2. The summed E-state index contributed by atoms with van der Waals surface area (Å²) in [6, 6.07) is 14.0. The summed E-state index contributed by atoms with van der Waals surface area (Å²) in [6.45, 7) is 2.06. The Kier molecular flexibility index (Phi) is 3.98. The van der Waals surface area contributed by atoms with Gasteiger partial charge in [-0.1, -0.05) is 37.3 Å². The Bertz CT molecular complexity index is 1100.